The number of amides is 1. The lowest BCUT2D eigenvalue weighted by Gasteiger charge is -2.32. The summed E-state index contributed by atoms with van der Waals surface area (Å²) in [5, 5.41) is 11.9. The molecular formula is C14H24N2O3. The molecule has 2 aliphatic rings. The fourth-order valence-electron chi connectivity index (χ4n) is 3.61. The van der Waals surface area contributed by atoms with Gasteiger partial charge in [-0.15, -0.1) is 0 Å². The van der Waals surface area contributed by atoms with Crippen LogP contribution in [-0.4, -0.2) is 29.1 Å². The zero-order valence-electron chi connectivity index (χ0n) is 11.8. The molecular weight excluding hydrogens is 244 g/mol. The summed E-state index contributed by atoms with van der Waals surface area (Å²) in [6, 6.07) is -0.973. The molecule has 5 nitrogen and oxygen atoms in total. The number of rotatable bonds is 3. The van der Waals surface area contributed by atoms with Crippen molar-refractivity contribution in [3.8, 4) is 0 Å². The zero-order valence-corrected chi connectivity index (χ0v) is 11.8. The van der Waals surface area contributed by atoms with Crippen LogP contribution in [0.25, 0.3) is 0 Å². The molecule has 0 radical (unpaired) electrons. The molecule has 0 aliphatic heterocycles. The lowest BCUT2D eigenvalue weighted by Crippen LogP contribution is -2.54. The van der Waals surface area contributed by atoms with Crippen molar-refractivity contribution in [3.63, 3.8) is 0 Å². The number of nitrogens with one attached hydrogen (secondary N) is 1. The predicted octanol–water partition coefficient (Wildman–Crippen LogP) is 0.975. The smallest absolute Gasteiger partial charge is 0.326 e. The minimum absolute atomic E-state index is 0.104. The molecule has 2 rings (SSSR count). The van der Waals surface area contributed by atoms with Gasteiger partial charge in [0.15, 0.2) is 0 Å². The van der Waals surface area contributed by atoms with Crippen LogP contribution < -0.4 is 11.1 Å². The van der Waals surface area contributed by atoms with Gasteiger partial charge < -0.3 is 16.2 Å². The van der Waals surface area contributed by atoms with Crippen molar-refractivity contribution < 1.29 is 14.7 Å². The second-order valence-corrected chi connectivity index (χ2v) is 7.08. The Kier molecular flexibility index (Phi) is 3.60. The van der Waals surface area contributed by atoms with Crippen LogP contribution in [0, 0.1) is 23.2 Å². The maximum absolute atomic E-state index is 12.4. The van der Waals surface area contributed by atoms with E-state index in [0.717, 1.165) is 19.3 Å². The van der Waals surface area contributed by atoms with E-state index < -0.39 is 17.4 Å². The number of fused-ring (bicyclic) bond motifs is 2. The molecule has 0 aromatic rings. The molecule has 4 unspecified atom stereocenters. The molecule has 2 aliphatic carbocycles. The van der Waals surface area contributed by atoms with Crippen molar-refractivity contribution in [2.24, 2.45) is 28.9 Å². The summed E-state index contributed by atoms with van der Waals surface area (Å²) >= 11 is 0. The van der Waals surface area contributed by atoms with Crippen LogP contribution in [0.2, 0.25) is 0 Å². The van der Waals surface area contributed by atoms with Crippen LogP contribution in [0.4, 0.5) is 0 Å². The number of carboxylic acids is 1. The Morgan fingerprint density at radius 1 is 1.26 bits per heavy atom. The van der Waals surface area contributed by atoms with Crippen LogP contribution >= 0.6 is 0 Å². The van der Waals surface area contributed by atoms with Gasteiger partial charge in [-0.1, -0.05) is 20.8 Å². The fourth-order valence-corrected chi connectivity index (χ4v) is 3.61. The number of hydrogen-bond donors (Lipinski definition) is 3. The van der Waals surface area contributed by atoms with Gasteiger partial charge >= 0.3 is 5.97 Å². The molecule has 0 aromatic carbocycles. The van der Waals surface area contributed by atoms with E-state index in [1.165, 1.54) is 0 Å². The molecule has 4 N–H and O–H groups in total. The van der Waals surface area contributed by atoms with E-state index in [2.05, 4.69) is 5.32 Å². The Hall–Kier alpha value is -1.10. The topological polar surface area (TPSA) is 92.4 Å². The number of carbonyl (C=O) groups excluding carboxylic acids is 1. The van der Waals surface area contributed by atoms with Crippen LogP contribution in [0.15, 0.2) is 0 Å². The van der Waals surface area contributed by atoms with Gasteiger partial charge in [0, 0.05) is 6.04 Å². The summed E-state index contributed by atoms with van der Waals surface area (Å²) in [6.07, 6.45) is 3.17. The van der Waals surface area contributed by atoms with Crippen molar-refractivity contribution >= 4 is 11.9 Å². The van der Waals surface area contributed by atoms with Gasteiger partial charge in [0.1, 0.15) is 6.04 Å². The minimum atomic E-state index is -0.988. The van der Waals surface area contributed by atoms with Crippen molar-refractivity contribution in [1.29, 1.82) is 0 Å². The monoisotopic (exact) mass is 268 g/mol. The van der Waals surface area contributed by atoms with E-state index >= 15 is 0 Å². The summed E-state index contributed by atoms with van der Waals surface area (Å²) in [4.78, 5) is 23.6. The minimum Gasteiger partial charge on any atom is -0.480 e. The molecule has 2 fully saturated rings. The van der Waals surface area contributed by atoms with Gasteiger partial charge in [0.05, 0.1) is 5.92 Å². The second-order valence-electron chi connectivity index (χ2n) is 7.08. The molecule has 0 heterocycles. The lowest BCUT2D eigenvalue weighted by atomic mass is 9.82. The van der Waals surface area contributed by atoms with Crippen molar-refractivity contribution in [2.75, 3.05) is 0 Å². The first-order valence-corrected chi connectivity index (χ1v) is 7.00. The maximum atomic E-state index is 12.4. The van der Waals surface area contributed by atoms with Gasteiger partial charge in [0.25, 0.3) is 0 Å². The fraction of sp³-hybridized carbons (Fsp3) is 0.857. The molecule has 2 bridgehead atoms. The second kappa shape index (κ2) is 4.78. The molecule has 0 saturated heterocycles. The van der Waals surface area contributed by atoms with Gasteiger partial charge in [0.2, 0.25) is 5.91 Å². The van der Waals surface area contributed by atoms with E-state index in [4.69, 9.17) is 5.73 Å². The first-order valence-electron chi connectivity index (χ1n) is 7.00. The highest BCUT2D eigenvalue weighted by Gasteiger charge is 2.50. The Morgan fingerprint density at radius 3 is 2.26 bits per heavy atom. The highest BCUT2D eigenvalue weighted by Crippen LogP contribution is 2.47. The summed E-state index contributed by atoms with van der Waals surface area (Å²) in [7, 11) is 0. The molecule has 2 saturated carbocycles. The predicted molar refractivity (Wildman–Crippen MR) is 71.3 cm³/mol. The number of nitrogens with two attached hydrogens (primary N) is 1. The SMILES string of the molecule is CC(C)(C)[C@@H](NC(=O)C1C2CCC(C2)C1N)C(=O)O. The third-order valence-electron chi connectivity index (χ3n) is 4.68. The van der Waals surface area contributed by atoms with Gasteiger partial charge in [-0.25, -0.2) is 4.79 Å². The quantitative estimate of drug-likeness (QED) is 0.711. The van der Waals surface area contributed by atoms with E-state index in [0.29, 0.717) is 11.8 Å². The first kappa shape index (κ1) is 14.3. The average molecular weight is 268 g/mol. The van der Waals surface area contributed by atoms with Crippen molar-refractivity contribution in [1.82, 2.24) is 5.32 Å². The van der Waals surface area contributed by atoms with E-state index in [-0.39, 0.29) is 17.9 Å². The van der Waals surface area contributed by atoms with Crippen molar-refractivity contribution in [2.45, 2.75) is 52.1 Å². The standard InChI is InChI=1S/C14H24N2O3/c1-14(2,3)11(13(18)19)16-12(17)9-7-4-5-8(6-7)10(9)15/h7-11H,4-6,15H2,1-3H3,(H,16,17)(H,18,19)/t7?,8?,9?,10?,11-/m0/s1. The number of carbonyl (C=O) groups is 2. The molecule has 108 valence electrons. The van der Waals surface area contributed by atoms with Crippen LogP contribution in [0.5, 0.6) is 0 Å². The Labute approximate surface area is 113 Å². The van der Waals surface area contributed by atoms with Gasteiger partial charge in [-0.3, -0.25) is 4.79 Å². The van der Waals surface area contributed by atoms with Crippen LogP contribution in [-0.2, 0) is 9.59 Å². The number of aliphatic carboxylic acids is 1. The van der Waals surface area contributed by atoms with E-state index in [1.54, 1.807) is 0 Å². The van der Waals surface area contributed by atoms with Crippen LogP contribution in [0.1, 0.15) is 40.0 Å². The molecule has 0 aromatic heterocycles. The molecule has 5 atom stereocenters. The van der Waals surface area contributed by atoms with E-state index in [1.807, 2.05) is 20.8 Å². The van der Waals surface area contributed by atoms with Gasteiger partial charge in [-0.2, -0.15) is 0 Å². The zero-order chi connectivity index (χ0) is 14.4. The highest BCUT2D eigenvalue weighted by molar-refractivity contribution is 5.86. The van der Waals surface area contributed by atoms with E-state index in [9.17, 15) is 14.7 Å². The molecule has 19 heavy (non-hydrogen) atoms. The largest absolute Gasteiger partial charge is 0.480 e. The summed E-state index contributed by atoms with van der Waals surface area (Å²) in [5.74, 6) is -0.587. The Morgan fingerprint density at radius 2 is 1.84 bits per heavy atom. The number of hydrogen-bond acceptors (Lipinski definition) is 3. The van der Waals surface area contributed by atoms with Gasteiger partial charge in [-0.05, 0) is 36.5 Å². The molecule has 5 heteroatoms. The normalized spacial score (nSPS) is 35.2. The summed E-state index contributed by atoms with van der Waals surface area (Å²) < 4.78 is 0. The lowest BCUT2D eigenvalue weighted by molar-refractivity contribution is -0.146. The third-order valence-corrected chi connectivity index (χ3v) is 4.68. The molecule has 0 spiro atoms. The highest BCUT2D eigenvalue weighted by atomic mass is 16.4. The maximum Gasteiger partial charge on any atom is 0.326 e. The molecule has 1 amide bonds. The van der Waals surface area contributed by atoms with Crippen molar-refractivity contribution in [3.05, 3.63) is 0 Å². The third kappa shape index (κ3) is 2.61. The summed E-state index contributed by atoms with van der Waals surface area (Å²) in [6.45, 7) is 5.44. The van der Waals surface area contributed by atoms with Crippen LogP contribution in [0.3, 0.4) is 0 Å². The first-order chi connectivity index (χ1) is 8.71. The number of carboxylic acid groups (broad SMARTS) is 1. The Balaban J connectivity index is 2.06. The summed E-state index contributed by atoms with van der Waals surface area (Å²) in [5.41, 5.74) is 5.61. The Bertz CT molecular complexity index is 387. The average Bonchev–Trinajstić information content (AvgIpc) is 2.83.